The third-order valence-corrected chi connectivity index (χ3v) is 4.57. The number of thioether (sulfide) groups is 1. The third-order valence-electron chi connectivity index (χ3n) is 3.63. The lowest BCUT2D eigenvalue weighted by Crippen LogP contribution is -2.36. The number of hydrogen-bond donors (Lipinski definition) is 3. The molecule has 0 bridgehead atoms. The first kappa shape index (κ1) is 14.3. The maximum absolute atomic E-state index is 11.3. The highest BCUT2D eigenvalue weighted by Crippen LogP contribution is 2.35. The van der Waals surface area contributed by atoms with Gasteiger partial charge in [-0.25, -0.2) is 0 Å². The molecule has 6 nitrogen and oxygen atoms in total. The Labute approximate surface area is 128 Å². The summed E-state index contributed by atoms with van der Waals surface area (Å²) in [6.45, 7) is 4.18. The predicted molar refractivity (Wildman–Crippen MR) is 87.2 cm³/mol. The lowest BCUT2D eigenvalue weighted by atomic mass is 10.2. The minimum Gasteiger partial charge on any atom is -0.482 e. The van der Waals surface area contributed by atoms with Crippen LogP contribution in [-0.2, 0) is 4.79 Å². The van der Waals surface area contributed by atoms with Crippen molar-refractivity contribution in [2.75, 3.05) is 60.7 Å². The molecule has 0 atom stereocenters. The van der Waals surface area contributed by atoms with Crippen LogP contribution < -0.4 is 21.1 Å². The van der Waals surface area contributed by atoms with Crippen molar-refractivity contribution in [2.24, 2.45) is 0 Å². The van der Waals surface area contributed by atoms with Crippen LogP contribution in [0.25, 0.3) is 0 Å². The maximum atomic E-state index is 11.3. The zero-order valence-corrected chi connectivity index (χ0v) is 12.7. The molecule has 7 heteroatoms. The van der Waals surface area contributed by atoms with E-state index in [2.05, 4.69) is 15.5 Å². The second-order valence-electron chi connectivity index (χ2n) is 5.15. The van der Waals surface area contributed by atoms with E-state index in [4.69, 9.17) is 10.5 Å². The van der Waals surface area contributed by atoms with E-state index in [1.807, 2.05) is 17.8 Å². The Morgan fingerprint density at radius 3 is 3.00 bits per heavy atom. The lowest BCUT2D eigenvalue weighted by molar-refractivity contribution is -0.118. The van der Waals surface area contributed by atoms with Gasteiger partial charge in [0, 0.05) is 43.8 Å². The van der Waals surface area contributed by atoms with Crippen molar-refractivity contribution in [3.63, 3.8) is 0 Å². The Hall–Kier alpha value is -1.60. The molecule has 2 aliphatic rings. The van der Waals surface area contributed by atoms with E-state index in [-0.39, 0.29) is 12.5 Å². The van der Waals surface area contributed by atoms with Gasteiger partial charge in [0.25, 0.3) is 5.91 Å². The highest BCUT2D eigenvalue weighted by Gasteiger charge is 2.18. The summed E-state index contributed by atoms with van der Waals surface area (Å²) in [4.78, 5) is 13.8. The highest BCUT2D eigenvalue weighted by molar-refractivity contribution is 7.99. The van der Waals surface area contributed by atoms with E-state index in [9.17, 15) is 4.79 Å². The van der Waals surface area contributed by atoms with Crippen molar-refractivity contribution >= 4 is 34.7 Å². The minimum atomic E-state index is -0.135. The zero-order valence-electron chi connectivity index (χ0n) is 11.9. The zero-order chi connectivity index (χ0) is 14.7. The fourth-order valence-corrected chi connectivity index (χ4v) is 3.45. The molecular formula is C14H20N4O2S. The number of anilines is 3. The molecule has 0 saturated carbocycles. The van der Waals surface area contributed by atoms with Crippen molar-refractivity contribution in [2.45, 2.75) is 0 Å². The van der Waals surface area contributed by atoms with E-state index >= 15 is 0 Å². The summed E-state index contributed by atoms with van der Waals surface area (Å²) in [6.07, 6.45) is 0. The van der Waals surface area contributed by atoms with Crippen molar-refractivity contribution in [1.82, 2.24) is 4.90 Å². The minimum absolute atomic E-state index is 0.0478. The lowest BCUT2D eigenvalue weighted by Gasteiger charge is -2.26. The van der Waals surface area contributed by atoms with Gasteiger partial charge < -0.3 is 21.1 Å². The van der Waals surface area contributed by atoms with E-state index in [1.54, 1.807) is 6.07 Å². The Bertz CT molecular complexity index is 532. The van der Waals surface area contributed by atoms with E-state index in [1.165, 1.54) is 11.5 Å². The summed E-state index contributed by atoms with van der Waals surface area (Å²) in [6, 6.07) is 3.60. The van der Waals surface area contributed by atoms with Gasteiger partial charge in [0.05, 0.1) is 17.1 Å². The molecule has 0 radical (unpaired) electrons. The van der Waals surface area contributed by atoms with Gasteiger partial charge in [0.1, 0.15) is 5.75 Å². The summed E-state index contributed by atoms with van der Waals surface area (Å²) in [5.41, 5.74) is 8.18. The molecule has 3 rings (SSSR count). The number of nitrogens with two attached hydrogens (primary N) is 1. The number of nitrogens with zero attached hydrogens (tertiary/aromatic N) is 1. The first-order valence-corrected chi connectivity index (χ1v) is 8.28. The number of fused-ring (bicyclic) bond motifs is 1. The summed E-state index contributed by atoms with van der Waals surface area (Å²) in [5.74, 6) is 2.92. The second-order valence-corrected chi connectivity index (χ2v) is 6.38. The van der Waals surface area contributed by atoms with Crippen LogP contribution in [0.1, 0.15) is 0 Å². The quantitative estimate of drug-likeness (QED) is 0.722. The molecule has 1 aromatic rings. The van der Waals surface area contributed by atoms with Crippen LogP contribution in [0.4, 0.5) is 17.1 Å². The van der Waals surface area contributed by atoms with E-state index in [0.29, 0.717) is 17.1 Å². The molecule has 2 aliphatic heterocycles. The van der Waals surface area contributed by atoms with Gasteiger partial charge in [-0.05, 0) is 6.07 Å². The Kier molecular flexibility index (Phi) is 4.40. The molecule has 0 spiro atoms. The Morgan fingerprint density at radius 1 is 1.38 bits per heavy atom. The van der Waals surface area contributed by atoms with Crippen LogP contribution >= 0.6 is 11.8 Å². The van der Waals surface area contributed by atoms with Crippen LogP contribution in [0.5, 0.6) is 5.75 Å². The van der Waals surface area contributed by atoms with Gasteiger partial charge in [-0.2, -0.15) is 11.8 Å². The Morgan fingerprint density at radius 2 is 2.19 bits per heavy atom. The molecule has 1 fully saturated rings. The van der Waals surface area contributed by atoms with Gasteiger partial charge in [-0.15, -0.1) is 0 Å². The normalized spacial score (nSPS) is 18.6. The summed E-state index contributed by atoms with van der Waals surface area (Å²) in [7, 11) is 0. The van der Waals surface area contributed by atoms with Crippen LogP contribution in [0, 0.1) is 0 Å². The van der Waals surface area contributed by atoms with Gasteiger partial charge in [-0.3, -0.25) is 9.69 Å². The molecule has 0 aliphatic carbocycles. The SMILES string of the molecule is Nc1cc2c(cc1NCCN1CCSCC1)NC(=O)CO2. The van der Waals surface area contributed by atoms with Gasteiger partial charge in [0.2, 0.25) is 0 Å². The molecule has 114 valence electrons. The molecule has 0 aromatic heterocycles. The van der Waals surface area contributed by atoms with Crippen molar-refractivity contribution in [3.8, 4) is 5.75 Å². The molecule has 2 heterocycles. The standard InChI is InChI=1S/C14H20N4O2S/c15-10-7-13-12(17-14(19)9-20-13)8-11(10)16-1-2-18-3-5-21-6-4-18/h7-8,16H,1-6,9,15H2,(H,17,19). The molecule has 1 amide bonds. The molecule has 1 saturated heterocycles. The fourth-order valence-electron chi connectivity index (χ4n) is 2.47. The van der Waals surface area contributed by atoms with Gasteiger partial charge >= 0.3 is 0 Å². The van der Waals surface area contributed by atoms with E-state index < -0.39 is 0 Å². The topological polar surface area (TPSA) is 79.6 Å². The van der Waals surface area contributed by atoms with Crippen molar-refractivity contribution in [3.05, 3.63) is 12.1 Å². The second kappa shape index (κ2) is 6.44. The number of nitrogens with one attached hydrogen (secondary N) is 2. The van der Waals surface area contributed by atoms with Crippen molar-refractivity contribution < 1.29 is 9.53 Å². The molecule has 21 heavy (non-hydrogen) atoms. The van der Waals surface area contributed by atoms with E-state index in [0.717, 1.165) is 31.9 Å². The summed E-state index contributed by atoms with van der Waals surface area (Å²) < 4.78 is 5.34. The number of amides is 1. The van der Waals surface area contributed by atoms with Crippen molar-refractivity contribution in [1.29, 1.82) is 0 Å². The fraction of sp³-hybridized carbons (Fsp3) is 0.500. The first-order chi connectivity index (χ1) is 10.2. The average Bonchev–Trinajstić information content (AvgIpc) is 2.49. The number of hydrogen-bond acceptors (Lipinski definition) is 6. The molecular weight excluding hydrogens is 288 g/mol. The number of carbonyl (C=O) groups is 1. The Balaban J connectivity index is 1.59. The van der Waals surface area contributed by atoms with Crippen LogP contribution in [0.2, 0.25) is 0 Å². The first-order valence-electron chi connectivity index (χ1n) is 7.12. The van der Waals surface area contributed by atoms with Crippen LogP contribution in [-0.4, -0.2) is 55.1 Å². The molecule has 4 N–H and O–H groups in total. The smallest absolute Gasteiger partial charge is 0.262 e. The maximum Gasteiger partial charge on any atom is 0.262 e. The number of ether oxygens (including phenoxy) is 1. The third kappa shape index (κ3) is 3.54. The summed E-state index contributed by atoms with van der Waals surface area (Å²) >= 11 is 2.01. The number of rotatable bonds is 4. The average molecular weight is 308 g/mol. The summed E-state index contributed by atoms with van der Waals surface area (Å²) in [5, 5.41) is 6.14. The highest BCUT2D eigenvalue weighted by atomic mass is 32.2. The number of carbonyl (C=O) groups excluding carboxylic acids is 1. The monoisotopic (exact) mass is 308 g/mol. The number of nitrogen functional groups attached to an aromatic ring is 1. The molecule has 1 aromatic carbocycles. The molecule has 0 unspecified atom stereocenters. The van der Waals surface area contributed by atoms with Crippen LogP contribution in [0.15, 0.2) is 12.1 Å². The van der Waals surface area contributed by atoms with Gasteiger partial charge in [-0.1, -0.05) is 0 Å². The predicted octanol–water partition coefficient (Wildman–Crippen LogP) is 1.06. The number of benzene rings is 1. The van der Waals surface area contributed by atoms with Crippen LogP contribution in [0.3, 0.4) is 0 Å². The largest absolute Gasteiger partial charge is 0.482 e. The van der Waals surface area contributed by atoms with Gasteiger partial charge in [0.15, 0.2) is 6.61 Å².